The Labute approximate surface area is 141 Å². The average molecular weight is 326 g/mol. The Hall–Kier alpha value is -2.47. The van der Waals surface area contributed by atoms with Gasteiger partial charge in [0.05, 0.1) is 11.7 Å². The number of anilines is 1. The first-order chi connectivity index (χ1) is 11.7. The highest BCUT2D eigenvalue weighted by molar-refractivity contribution is 5.93. The number of nitrogens with one attached hydrogen (secondary N) is 1. The van der Waals surface area contributed by atoms with Gasteiger partial charge in [0.15, 0.2) is 0 Å². The van der Waals surface area contributed by atoms with Gasteiger partial charge in [0.1, 0.15) is 0 Å². The van der Waals surface area contributed by atoms with Crippen LogP contribution in [0.15, 0.2) is 42.7 Å². The maximum absolute atomic E-state index is 12.1. The molecule has 2 heterocycles. The maximum Gasteiger partial charge on any atom is 0.254 e. The van der Waals surface area contributed by atoms with E-state index in [0.29, 0.717) is 24.6 Å². The molecule has 1 aromatic carbocycles. The zero-order valence-corrected chi connectivity index (χ0v) is 13.8. The molecule has 1 aliphatic heterocycles. The Kier molecular flexibility index (Phi) is 5.38. The molecule has 3 rings (SSSR count). The first kappa shape index (κ1) is 16.4. The number of nitrogens with zero attached hydrogens (tertiary/aromatic N) is 3. The first-order valence-corrected chi connectivity index (χ1v) is 8.19. The van der Waals surface area contributed by atoms with Crippen molar-refractivity contribution in [2.45, 2.75) is 25.5 Å². The lowest BCUT2D eigenvalue weighted by Crippen LogP contribution is -2.32. The summed E-state index contributed by atoms with van der Waals surface area (Å²) in [5, 5.41) is 2.87. The third kappa shape index (κ3) is 4.29. The van der Waals surface area contributed by atoms with Gasteiger partial charge >= 0.3 is 0 Å². The normalized spacial score (nSPS) is 16.8. The van der Waals surface area contributed by atoms with Crippen LogP contribution in [-0.2, 0) is 11.3 Å². The predicted molar refractivity (Wildman–Crippen MR) is 91.9 cm³/mol. The summed E-state index contributed by atoms with van der Waals surface area (Å²) in [6.45, 7) is 2.03. The number of carbonyl (C=O) groups excluding carboxylic acids is 1. The number of ether oxygens (including phenoxy) is 1. The van der Waals surface area contributed by atoms with Crippen molar-refractivity contribution in [3.63, 3.8) is 0 Å². The van der Waals surface area contributed by atoms with Crippen LogP contribution in [0.3, 0.4) is 0 Å². The van der Waals surface area contributed by atoms with E-state index >= 15 is 0 Å². The Morgan fingerprint density at radius 2 is 2.04 bits per heavy atom. The minimum Gasteiger partial charge on any atom is -0.376 e. The van der Waals surface area contributed by atoms with E-state index in [1.165, 1.54) is 5.56 Å². The molecule has 6 heteroatoms. The fraction of sp³-hybridized carbons (Fsp3) is 0.389. The van der Waals surface area contributed by atoms with Crippen LogP contribution >= 0.6 is 0 Å². The summed E-state index contributed by atoms with van der Waals surface area (Å²) in [6, 6.07) is 10.1. The Bertz CT molecular complexity index is 654. The summed E-state index contributed by atoms with van der Waals surface area (Å²) >= 11 is 0. The molecule has 0 radical (unpaired) electrons. The third-order valence-corrected chi connectivity index (χ3v) is 4.02. The molecule has 2 aromatic rings. The summed E-state index contributed by atoms with van der Waals surface area (Å²) in [5.74, 6) is 0.428. The summed E-state index contributed by atoms with van der Waals surface area (Å²) in [5.41, 5.74) is 1.65. The van der Waals surface area contributed by atoms with Crippen molar-refractivity contribution in [1.29, 1.82) is 0 Å². The monoisotopic (exact) mass is 326 g/mol. The molecule has 126 valence electrons. The van der Waals surface area contributed by atoms with Gasteiger partial charge in [-0.25, -0.2) is 9.97 Å². The SMILES string of the molecule is CN(Cc1ccccc1)c1ncc(C(=O)NCC2CCCO2)cn1. The standard InChI is InChI=1S/C18H22N4O2/c1-22(13-14-6-3-2-4-7-14)18-20-10-15(11-21-18)17(23)19-12-16-8-5-9-24-16/h2-4,6-7,10-11,16H,5,8-9,12-13H2,1H3,(H,19,23). The van der Waals surface area contributed by atoms with Crippen molar-refractivity contribution in [1.82, 2.24) is 15.3 Å². The Morgan fingerprint density at radius 3 is 2.71 bits per heavy atom. The molecule has 1 aliphatic rings. The lowest BCUT2D eigenvalue weighted by Gasteiger charge is -2.17. The van der Waals surface area contributed by atoms with E-state index in [4.69, 9.17) is 4.74 Å². The molecule has 1 amide bonds. The molecule has 0 saturated carbocycles. The molecule has 1 aromatic heterocycles. The molecular formula is C18H22N4O2. The Balaban J connectivity index is 1.55. The van der Waals surface area contributed by atoms with Gasteiger partial charge in [0, 0.05) is 39.1 Å². The van der Waals surface area contributed by atoms with Crippen LogP contribution in [0.25, 0.3) is 0 Å². The van der Waals surface area contributed by atoms with Crippen LogP contribution < -0.4 is 10.2 Å². The first-order valence-electron chi connectivity index (χ1n) is 8.19. The zero-order chi connectivity index (χ0) is 16.8. The molecule has 6 nitrogen and oxygen atoms in total. The molecule has 1 saturated heterocycles. The van der Waals surface area contributed by atoms with E-state index in [2.05, 4.69) is 27.4 Å². The third-order valence-electron chi connectivity index (χ3n) is 4.02. The molecule has 1 atom stereocenters. The zero-order valence-electron chi connectivity index (χ0n) is 13.8. The van der Waals surface area contributed by atoms with Crippen molar-refractivity contribution < 1.29 is 9.53 Å². The second-order valence-electron chi connectivity index (χ2n) is 5.96. The van der Waals surface area contributed by atoms with Crippen LogP contribution in [0.4, 0.5) is 5.95 Å². The number of carbonyl (C=O) groups is 1. The summed E-state index contributed by atoms with van der Waals surface area (Å²) in [4.78, 5) is 22.7. The van der Waals surface area contributed by atoms with Gasteiger partial charge in [0.2, 0.25) is 5.95 Å². The quantitative estimate of drug-likeness (QED) is 0.880. The highest BCUT2D eigenvalue weighted by Crippen LogP contribution is 2.12. The van der Waals surface area contributed by atoms with E-state index in [-0.39, 0.29) is 12.0 Å². The molecular weight excluding hydrogens is 304 g/mol. The largest absolute Gasteiger partial charge is 0.376 e. The van der Waals surface area contributed by atoms with Gasteiger partial charge in [-0.2, -0.15) is 0 Å². The summed E-state index contributed by atoms with van der Waals surface area (Å²) < 4.78 is 5.49. The number of hydrogen-bond acceptors (Lipinski definition) is 5. The molecule has 1 unspecified atom stereocenters. The number of aromatic nitrogens is 2. The summed E-state index contributed by atoms with van der Waals surface area (Å²) in [6.07, 6.45) is 5.32. The molecule has 1 N–H and O–H groups in total. The minimum atomic E-state index is -0.164. The van der Waals surface area contributed by atoms with Gasteiger partial charge in [-0.3, -0.25) is 4.79 Å². The van der Waals surface area contributed by atoms with Crippen molar-refractivity contribution >= 4 is 11.9 Å². The van der Waals surface area contributed by atoms with Gasteiger partial charge < -0.3 is 15.0 Å². The highest BCUT2D eigenvalue weighted by Gasteiger charge is 2.17. The number of rotatable bonds is 6. The predicted octanol–water partition coefficient (Wildman–Crippen LogP) is 2.02. The minimum absolute atomic E-state index is 0.131. The maximum atomic E-state index is 12.1. The van der Waals surface area contributed by atoms with Crippen molar-refractivity contribution in [2.75, 3.05) is 25.1 Å². The number of amides is 1. The smallest absolute Gasteiger partial charge is 0.254 e. The fourth-order valence-electron chi connectivity index (χ4n) is 2.68. The van der Waals surface area contributed by atoms with Crippen molar-refractivity contribution in [3.8, 4) is 0 Å². The van der Waals surface area contributed by atoms with E-state index in [1.54, 1.807) is 12.4 Å². The van der Waals surface area contributed by atoms with Crippen LogP contribution in [0, 0.1) is 0 Å². The van der Waals surface area contributed by atoms with Gasteiger partial charge in [-0.1, -0.05) is 30.3 Å². The van der Waals surface area contributed by atoms with E-state index < -0.39 is 0 Å². The van der Waals surface area contributed by atoms with Crippen LogP contribution in [0.5, 0.6) is 0 Å². The molecule has 0 bridgehead atoms. The molecule has 0 spiro atoms. The lowest BCUT2D eigenvalue weighted by atomic mass is 10.2. The lowest BCUT2D eigenvalue weighted by molar-refractivity contribution is 0.0857. The van der Waals surface area contributed by atoms with Gasteiger partial charge in [-0.05, 0) is 18.4 Å². The summed E-state index contributed by atoms with van der Waals surface area (Å²) in [7, 11) is 1.93. The van der Waals surface area contributed by atoms with Crippen molar-refractivity contribution in [3.05, 3.63) is 53.9 Å². The fourth-order valence-corrected chi connectivity index (χ4v) is 2.68. The van der Waals surface area contributed by atoms with E-state index in [1.807, 2.05) is 30.1 Å². The van der Waals surface area contributed by atoms with Crippen molar-refractivity contribution in [2.24, 2.45) is 0 Å². The number of benzene rings is 1. The van der Waals surface area contributed by atoms with Gasteiger partial charge in [-0.15, -0.1) is 0 Å². The van der Waals surface area contributed by atoms with Crippen LogP contribution in [-0.4, -0.2) is 42.2 Å². The second-order valence-corrected chi connectivity index (χ2v) is 5.96. The second kappa shape index (κ2) is 7.88. The topological polar surface area (TPSA) is 67.4 Å². The molecule has 0 aliphatic carbocycles. The van der Waals surface area contributed by atoms with Crippen LogP contribution in [0.1, 0.15) is 28.8 Å². The van der Waals surface area contributed by atoms with Crippen LogP contribution in [0.2, 0.25) is 0 Å². The average Bonchev–Trinajstić information content (AvgIpc) is 3.14. The Morgan fingerprint density at radius 1 is 1.29 bits per heavy atom. The molecule has 24 heavy (non-hydrogen) atoms. The van der Waals surface area contributed by atoms with Gasteiger partial charge in [0.25, 0.3) is 5.91 Å². The van der Waals surface area contributed by atoms with E-state index in [0.717, 1.165) is 19.4 Å². The molecule has 1 fully saturated rings. The van der Waals surface area contributed by atoms with E-state index in [9.17, 15) is 4.79 Å². The highest BCUT2D eigenvalue weighted by atomic mass is 16.5. The number of hydrogen-bond donors (Lipinski definition) is 1.